The van der Waals surface area contributed by atoms with Crippen molar-refractivity contribution in [2.45, 2.75) is 19.9 Å². The Kier molecular flexibility index (Phi) is 3.85. The van der Waals surface area contributed by atoms with Gasteiger partial charge in [-0.05, 0) is 31.5 Å². The van der Waals surface area contributed by atoms with Crippen LogP contribution in [0.25, 0.3) is 0 Å². The number of anilines is 1. The van der Waals surface area contributed by atoms with Crippen molar-refractivity contribution < 1.29 is 0 Å². The molecule has 2 aromatic carbocycles. The van der Waals surface area contributed by atoms with Crippen LogP contribution in [0.4, 0.5) is 5.69 Å². The monoisotopic (exact) mass is 289 g/mol. The van der Waals surface area contributed by atoms with Gasteiger partial charge in [0, 0.05) is 5.69 Å². The van der Waals surface area contributed by atoms with Gasteiger partial charge in [0.05, 0.1) is 22.2 Å². The van der Waals surface area contributed by atoms with E-state index < -0.39 is 0 Å². The number of halogens is 1. The first-order valence-electron chi connectivity index (χ1n) is 5.75. The molecule has 2 aromatic rings. The van der Waals surface area contributed by atoms with E-state index in [1.54, 1.807) is 0 Å². The van der Waals surface area contributed by atoms with E-state index in [0.29, 0.717) is 6.04 Å². The highest BCUT2D eigenvalue weighted by atomic mass is 79.9. The predicted octanol–water partition coefficient (Wildman–Crippen LogP) is 4.87. The molecule has 0 bridgehead atoms. The Balaban J connectivity index is 2.20. The number of aryl methyl sites for hydroxylation is 1. The summed E-state index contributed by atoms with van der Waals surface area (Å²) in [5, 5.41) is 0. The predicted molar refractivity (Wildman–Crippen MR) is 77.4 cm³/mol. The molecule has 2 rings (SSSR count). The first kappa shape index (κ1) is 12.2. The molecule has 0 aromatic heterocycles. The summed E-state index contributed by atoms with van der Waals surface area (Å²) in [5.41, 5.74) is 3.75. The molecule has 0 aliphatic heterocycles. The highest BCUT2D eigenvalue weighted by Gasteiger charge is 2.13. The molecule has 0 aliphatic carbocycles. The molecule has 0 radical (unpaired) electrons. The molecule has 0 spiro atoms. The van der Waals surface area contributed by atoms with Crippen molar-refractivity contribution in [3.05, 3.63) is 65.7 Å². The van der Waals surface area contributed by atoms with Gasteiger partial charge in [0.25, 0.3) is 0 Å². The van der Waals surface area contributed by atoms with Gasteiger partial charge in [-0.1, -0.05) is 48.0 Å². The van der Waals surface area contributed by atoms with Crippen LogP contribution in [0, 0.1) is 6.92 Å². The SMILES string of the molecule is Cc1ccc(N(Br)C(C)c2ccccc2)cc1. The molecular weight excluding hydrogens is 274 g/mol. The zero-order valence-electron chi connectivity index (χ0n) is 10.1. The fraction of sp³-hybridized carbons (Fsp3) is 0.200. The van der Waals surface area contributed by atoms with Gasteiger partial charge in [-0.3, -0.25) is 0 Å². The molecule has 17 heavy (non-hydrogen) atoms. The second-order valence-electron chi connectivity index (χ2n) is 4.23. The minimum atomic E-state index is 0.305. The summed E-state index contributed by atoms with van der Waals surface area (Å²) in [7, 11) is 0. The standard InChI is InChI=1S/C15H16BrN/c1-12-8-10-15(11-9-12)17(16)13(2)14-6-4-3-5-7-14/h3-11,13H,1-2H3. The summed E-state index contributed by atoms with van der Waals surface area (Å²) in [4.78, 5) is 0. The van der Waals surface area contributed by atoms with Crippen molar-refractivity contribution in [3.63, 3.8) is 0 Å². The Morgan fingerprint density at radius 2 is 1.53 bits per heavy atom. The van der Waals surface area contributed by atoms with Crippen molar-refractivity contribution in [2.24, 2.45) is 0 Å². The quantitative estimate of drug-likeness (QED) is 0.729. The summed E-state index contributed by atoms with van der Waals surface area (Å²) in [6.07, 6.45) is 0. The second kappa shape index (κ2) is 5.37. The van der Waals surface area contributed by atoms with Gasteiger partial charge in [0.2, 0.25) is 0 Å². The van der Waals surface area contributed by atoms with Gasteiger partial charge in [-0.2, -0.15) is 0 Å². The topological polar surface area (TPSA) is 3.24 Å². The second-order valence-corrected chi connectivity index (χ2v) is 5.00. The third-order valence-corrected chi connectivity index (χ3v) is 3.93. The minimum Gasteiger partial charge on any atom is -0.302 e. The van der Waals surface area contributed by atoms with Gasteiger partial charge in [-0.15, -0.1) is 0 Å². The Morgan fingerprint density at radius 1 is 0.941 bits per heavy atom. The van der Waals surface area contributed by atoms with Crippen LogP contribution in [0.5, 0.6) is 0 Å². The van der Waals surface area contributed by atoms with Crippen molar-refractivity contribution in [1.82, 2.24) is 0 Å². The molecule has 0 saturated heterocycles. The van der Waals surface area contributed by atoms with Crippen LogP contribution in [0.2, 0.25) is 0 Å². The molecule has 0 saturated carbocycles. The lowest BCUT2D eigenvalue weighted by atomic mass is 10.1. The van der Waals surface area contributed by atoms with Gasteiger partial charge < -0.3 is 3.93 Å². The zero-order valence-corrected chi connectivity index (χ0v) is 11.7. The lowest BCUT2D eigenvalue weighted by Gasteiger charge is -2.24. The summed E-state index contributed by atoms with van der Waals surface area (Å²) in [5.74, 6) is 0. The summed E-state index contributed by atoms with van der Waals surface area (Å²) >= 11 is 3.65. The Bertz CT molecular complexity index is 464. The van der Waals surface area contributed by atoms with E-state index in [-0.39, 0.29) is 0 Å². The van der Waals surface area contributed by atoms with Crippen molar-refractivity contribution >= 4 is 21.8 Å². The molecule has 88 valence electrons. The molecule has 0 fully saturated rings. The largest absolute Gasteiger partial charge is 0.302 e. The Labute approximate surface area is 111 Å². The van der Waals surface area contributed by atoms with Crippen LogP contribution in [0.15, 0.2) is 54.6 Å². The van der Waals surface area contributed by atoms with Gasteiger partial charge in [-0.25, -0.2) is 0 Å². The number of benzene rings is 2. The number of hydrogen-bond acceptors (Lipinski definition) is 1. The van der Waals surface area contributed by atoms with Crippen molar-refractivity contribution in [1.29, 1.82) is 0 Å². The van der Waals surface area contributed by atoms with Crippen LogP contribution < -0.4 is 3.93 Å². The summed E-state index contributed by atoms with van der Waals surface area (Å²) in [6, 6.07) is 19.3. The summed E-state index contributed by atoms with van der Waals surface area (Å²) < 4.78 is 2.11. The molecule has 1 atom stereocenters. The molecule has 0 N–H and O–H groups in total. The van der Waals surface area contributed by atoms with E-state index in [4.69, 9.17) is 0 Å². The first-order valence-corrected chi connectivity index (χ1v) is 6.46. The van der Waals surface area contributed by atoms with Crippen LogP contribution in [-0.4, -0.2) is 0 Å². The van der Waals surface area contributed by atoms with Gasteiger partial charge >= 0.3 is 0 Å². The fourth-order valence-electron chi connectivity index (χ4n) is 1.77. The number of nitrogens with zero attached hydrogens (tertiary/aromatic N) is 1. The molecule has 1 nitrogen and oxygen atoms in total. The van der Waals surface area contributed by atoms with E-state index in [1.807, 2.05) is 6.07 Å². The molecular formula is C15H16BrN. The maximum atomic E-state index is 3.65. The normalized spacial score (nSPS) is 12.2. The molecule has 0 aliphatic rings. The van der Waals surface area contributed by atoms with E-state index >= 15 is 0 Å². The average molecular weight is 290 g/mol. The van der Waals surface area contributed by atoms with Crippen LogP contribution in [0.1, 0.15) is 24.1 Å². The summed E-state index contributed by atoms with van der Waals surface area (Å²) in [6.45, 7) is 4.28. The third kappa shape index (κ3) is 2.89. The van der Waals surface area contributed by atoms with E-state index in [2.05, 4.69) is 82.5 Å². The Morgan fingerprint density at radius 3 is 2.12 bits per heavy atom. The van der Waals surface area contributed by atoms with Crippen LogP contribution >= 0.6 is 16.1 Å². The fourth-order valence-corrected chi connectivity index (χ4v) is 2.25. The first-order chi connectivity index (χ1) is 8.18. The zero-order chi connectivity index (χ0) is 12.3. The minimum absolute atomic E-state index is 0.305. The highest BCUT2D eigenvalue weighted by molar-refractivity contribution is 9.10. The molecule has 0 heterocycles. The number of hydrogen-bond donors (Lipinski definition) is 0. The van der Waals surface area contributed by atoms with E-state index in [9.17, 15) is 0 Å². The Hall–Kier alpha value is -1.28. The van der Waals surface area contributed by atoms with Crippen molar-refractivity contribution in [3.8, 4) is 0 Å². The van der Waals surface area contributed by atoms with Crippen LogP contribution in [0.3, 0.4) is 0 Å². The van der Waals surface area contributed by atoms with E-state index in [0.717, 1.165) is 0 Å². The highest BCUT2D eigenvalue weighted by Crippen LogP contribution is 2.29. The maximum absolute atomic E-state index is 3.65. The molecule has 0 amide bonds. The lowest BCUT2D eigenvalue weighted by molar-refractivity contribution is 0.830. The maximum Gasteiger partial charge on any atom is 0.0628 e. The number of rotatable bonds is 3. The van der Waals surface area contributed by atoms with E-state index in [1.165, 1.54) is 16.8 Å². The molecule has 1 unspecified atom stereocenters. The smallest absolute Gasteiger partial charge is 0.0628 e. The van der Waals surface area contributed by atoms with Gasteiger partial charge in [0.15, 0.2) is 0 Å². The molecule has 2 heteroatoms. The lowest BCUT2D eigenvalue weighted by Crippen LogP contribution is -2.14. The van der Waals surface area contributed by atoms with Crippen molar-refractivity contribution in [2.75, 3.05) is 3.93 Å². The average Bonchev–Trinajstić information content (AvgIpc) is 2.39. The van der Waals surface area contributed by atoms with Gasteiger partial charge in [0.1, 0.15) is 0 Å². The third-order valence-electron chi connectivity index (χ3n) is 2.90. The van der Waals surface area contributed by atoms with Crippen LogP contribution in [-0.2, 0) is 0 Å².